The van der Waals surface area contributed by atoms with Crippen molar-refractivity contribution >= 4 is 22.3 Å². The fraction of sp³-hybridized carbons (Fsp3) is 0.200. The Morgan fingerprint density at radius 1 is 1.07 bits per heavy atom. The highest BCUT2D eigenvalue weighted by Crippen LogP contribution is 2.17. The minimum atomic E-state index is -0.451. The van der Waals surface area contributed by atoms with Gasteiger partial charge in [0.15, 0.2) is 0 Å². The Hall–Kier alpha value is -3.55. The van der Waals surface area contributed by atoms with Gasteiger partial charge in [-0.2, -0.15) is 5.10 Å². The molecule has 0 unspecified atom stereocenters. The van der Waals surface area contributed by atoms with Gasteiger partial charge in [0.05, 0.1) is 23.1 Å². The highest BCUT2D eigenvalue weighted by Gasteiger charge is 2.13. The maximum Gasteiger partial charge on any atom is 0.275 e. The van der Waals surface area contributed by atoms with E-state index in [-0.39, 0.29) is 36.3 Å². The van der Waals surface area contributed by atoms with Gasteiger partial charge < -0.3 is 8.97 Å². The van der Waals surface area contributed by atoms with Crippen molar-refractivity contribution in [3.05, 3.63) is 80.9 Å². The Morgan fingerprint density at radius 3 is 2.68 bits per heavy atom. The van der Waals surface area contributed by atoms with Gasteiger partial charge in [-0.25, -0.2) is 9.07 Å². The Morgan fingerprint density at radius 2 is 1.89 bits per heavy atom. The molecular weight excluding hydrogens is 363 g/mol. The van der Waals surface area contributed by atoms with Crippen molar-refractivity contribution < 1.29 is 9.18 Å². The van der Waals surface area contributed by atoms with Crippen molar-refractivity contribution in [1.82, 2.24) is 18.7 Å². The molecule has 4 aromatic rings. The van der Waals surface area contributed by atoms with Crippen LogP contribution in [0, 0.1) is 5.82 Å². The lowest BCUT2D eigenvalue weighted by Crippen LogP contribution is -2.25. The normalized spacial score (nSPS) is 11.4. The molecule has 0 spiro atoms. The first kappa shape index (κ1) is 17.8. The Labute approximate surface area is 158 Å². The molecule has 3 heterocycles. The predicted molar refractivity (Wildman–Crippen MR) is 102 cm³/mol. The number of nitrogens with zero attached hydrogens (tertiary/aromatic N) is 4. The van der Waals surface area contributed by atoms with Crippen LogP contribution in [0.2, 0.25) is 0 Å². The van der Waals surface area contributed by atoms with Gasteiger partial charge in [-0.1, -0.05) is 0 Å². The molecule has 0 radical (unpaired) electrons. The minimum Gasteiger partial charge on any atom is -0.310 e. The Balaban J connectivity index is 1.65. The number of halogens is 1. The molecule has 7 nitrogen and oxygen atoms in total. The van der Waals surface area contributed by atoms with E-state index in [4.69, 9.17) is 0 Å². The summed E-state index contributed by atoms with van der Waals surface area (Å²) in [4.78, 5) is 36.6. The van der Waals surface area contributed by atoms with E-state index < -0.39 is 5.82 Å². The maximum absolute atomic E-state index is 13.8. The zero-order valence-electron chi connectivity index (χ0n) is 15.1. The van der Waals surface area contributed by atoms with Crippen LogP contribution < -0.4 is 11.1 Å². The number of rotatable bonds is 5. The van der Waals surface area contributed by atoms with Crippen molar-refractivity contribution in [3.63, 3.8) is 0 Å². The number of ketones is 1. The molecule has 0 amide bonds. The number of hydrogen-bond acceptors (Lipinski definition) is 4. The van der Waals surface area contributed by atoms with E-state index in [1.54, 1.807) is 28.8 Å². The third-order valence-corrected chi connectivity index (χ3v) is 4.71. The summed E-state index contributed by atoms with van der Waals surface area (Å²) in [5.41, 5.74) is 1.53. The standard InChI is InChI=1S/C20H17FN4O3/c1-23-19(27)7-5-14(22-23)12-15(26)8-10-25-18-11-13(21)4-6-16(18)24-9-2-3-17(24)20(25)28/h2-7,9,11H,8,10,12H2,1H3. The van der Waals surface area contributed by atoms with Crippen LogP contribution in [0.3, 0.4) is 0 Å². The quantitative estimate of drug-likeness (QED) is 0.528. The highest BCUT2D eigenvalue weighted by atomic mass is 19.1. The third kappa shape index (κ3) is 3.13. The molecule has 0 saturated carbocycles. The van der Waals surface area contributed by atoms with E-state index in [9.17, 15) is 18.8 Å². The number of Topliss-reactive ketones (excluding diaryl/α,β-unsaturated/α-hetero) is 1. The number of benzene rings is 1. The Kier molecular flexibility index (Phi) is 4.38. The van der Waals surface area contributed by atoms with Gasteiger partial charge in [0.2, 0.25) is 0 Å². The van der Waals surface area contributed by atoms with Crippen molar-refractivity contribution in [2.24, 2.45) is 7.05 Å². The molecular formula is C20H17FN4O3. The molecule has 3 aromatic heterocycles. The third-order valence-electron chi connectivity index (χ3n) is 4.71. The van der Waals surface area contributed by atoms with Crippen LogP contribution in [-0.4, -0.2) is 24.5 Å². The van der Waals surface area contributed by atoms with Crippen LogP contribution in [0.1, 0.15) is 12.1 Å². The summed E-state index contributed by atoms with van der Waals surface area (Å²) < 4.78 is 18.1. The lowest BCUT2D eigenvalue weighted by atomic mass is 10.1. The average Bonchev–Trinajstić information content (AvgIpc) is 3.15. The van der Waals surface area contributed by atoms with Crippen LogP contribution in [0.4, 0.5) is 4.39 Å². The van der Waals surface area contributed by atoms with Gasteiger partial charge in [-0.05, 0) is 36.4 Å². The lowest BCUT2D eigenvalue weighted by Gasteiger charge is -2.12. The molecule has 0 fully saturated rings. The number of aryl methyl sites for hydroxylation is 2. The first-order valence-electron chi connectivity index (χ1n) is 8.78. The molecule has 0 aliphatic rings. The second kappa shape index (κ2) is 6.88. The fourth-order valence-electron chi connectivity index (χ4n) is 3.32. The summed E-state index contributed by atoms with van der Waals surface area (Å²) in [6.45, 7) is 0.130. The largest absolute Gasteiger partial charge is 0.310 e. The fourth-order valence-corrected chi connectivity index (χ4v) is 3.32. The van der Waals surface area contributed by atoms with E-state index in [2.05, 4.69) is 5.10 Å². The number of carbonyl (C=O) groups is 1. The van der Waals surface area contributed by atoms with Gasteiger partial charge in [0, 0.05) is 32.3 Å². The van der Waals surface area contributed by atoms with E-state index in [1.165, 1.54) is 40.6 Å². The molecule has 8 heteroatoms. The topological polar surface area (TPSA) is 78.4 Å². The minimum absolute atomic E-state index is 0.0581. The average molecular weight is 380 g/mol. The summed E-state index contributed by atoms with van der Waals surface area (Å²) in [7, 11) is 1.52. The zero-order valence-corrected chi connectivity index (χ0v) is 15.1. The summed E-state index contributed by atoms with van der Waals surface area (Å²) in [5, 5.41) is 4.04. The van der Waals surface area contributed by atoms with Gasteiger partial charge in [-0.3, -0.25) is 14.4 Å². The second-order valence-electron chi connectivity index (χ2n) is 6.61. The number of fused-ring (bicyclic) bond motifs is 3. The summed E-state index contributed by atoms with van der Waals surface area (Å²) in [6.07, 6.45) is 1.90. The molecule has 0 atom stereocenters. The Bertz CT molecular complexity index is 1330. The molecule has 4 rings (SSSR count). The number of hydrogen-bond donors (Lipinski definition) is 0. The molecule has 0 aliphatic carbocycles. The van der Waals surface area contributed by atoms with Crippen LogP contribution in [0.5, 0.6) is 0 Å². The van der Waals surface area contributed by atoms with E-state index in [0.29, 0.717) is 22.2 Å². The molecule has 0 saturated heterocycles. The van der Waals surface area contributed by atoms with Gasteiger partial charge in [0.1, 0.15) is 17.1 Å². The van der Waals surface area contributed by atoms with E-state index in [0.717, 1.165) is 0 Å². The smallest absolute Gasteiger partial charge is 0.275 e. The van der Waals surface area contributed by atoms with Gasteiger partial charge >= 0.3 is 0 Å². The molecule has 28 heavy (non-hydrogen) atoms. The lowest BCUT2D eigenvalue weighted by molar-refractivity contribution is -0.118. The highest BCUT2D eigenvalue weighted by molar-refractivity contribution is 5.81. The van der Waals surface area contributed by atoms with Crippen molar-refractivity contribution in [2.75, 3.05) is 0 Å². The molecule has 0 bridgehead atoms. The van der Waals surface area contributed by atoms with E-state index >= 15 is 0 Å². The van der Waals surface area contributed by atoms with Crippen LogP contribution in [-0.2, 0) is 24.8 Å². The van der Waals surface area contributed by atoms with Gasteiger partial charge in [-0.15, -0.1) is 0 Å². The van der Waals surface area contributed by atoms with Crippen LogP contribution >= 0.6 is 0 Å². The zero-order chi connectivity index (χ0) is 19.8. The van der Waals surface area contributed by atoms with Crippen molar-refractivity contribution in [1.29, 1.82) is 0 Å². The van der Waals surface area contributed by atoms with Gasteiger partial charge in [0.25, 0.3) is 11.1 Å². The number of carbonyl (C=O) groups excluding carboxylic acids is 1. The van der Waals surface area contributed by atoms with Crippen molar-refractivity contribution in [2.45, 2.75) is 19.4 Å². The summed E-state index contributed by atoms with van der Waals surface area (Å²) in [5.74, 6) is -0.578. The first-order chi connectivity index (χ1) is 13.4. The molecule has 142 valence electrons. The van der Waals surface area contributed by atoms with Crippen LogP contribution in [0.15, 0.2) is 58.3 Å². The maximum atomic E-state index is 13.8. The molecule has 0 aliphatic heterocycles. The van der Waals surface area contributed by atoms with Crippen molar-refractivity contribution in [3.8, 4) is 0 Å². The number of aromatic nitrogens is 4. The predicted octanol–water partition coefficient (Wildman–Crippen LogP) is 1.69. The SMILES string of the molecule is Cn1nc(CC(=O)CCn2c(=O)c3cccn3c3ccc(F)cc32)ccc1=O. The van der Waals surface area contributed by atoms with Crippen LogP contribution in [0.25, 0.3) is 16.6 Å². The summed E-state index contributed by atoms with van der Waals surface area (Å²) >= 11 is 0. The second-order valence-corrected chi connectivity index (χ2v) is 6.61. The molecule has 1 aromatic carbocycles. The first-order valence-corrected chi connectivity index (χ1v) is 8.78. The molecule has 0 N–H and O–H groups in total. The monoisotopic (exact) mass is 380 g/mol. The summed E-state index contributed by atoms with van der Waals surface area (Å²) in [6, 6.07) is 10.6. The van der Waals surface area contributed by atoms with E-state index in [1.807, 2.05) is 0 Å².